The Labute approximate surface area is 99.0 Å². The second kappa shape index (κ2) is 4.22. The molecule has 1 aromatic heterocycles. The summed E-state index contributed by atoms with van der Waals surface area (Å²) in [5, 5.41) is 9.81. The van der Waals surface area contributed by atoms with Gasteiger partial charge in [0.1, 0.15) is 11.4 Å². The first-order chi connectivity index (χ1) is 7.98. The van der Waals surface area contributed by atoms with Crippen molar-refractivity contribution in [2.24, 2.45) is 0 Å². The van der Waals surface area contributed by atoms with Gasteiger partial charge in [0.25, 0.3) is 0 Å². The summed E-state index contributed by atoms with van der Waals surface area (Å²) in [6.07, 6.45) is 1.52. The molecule has 0 amide bonds. The van der Waals surface area contributed by atoms with Crippen molar-refractivity contribution in [1.29, 1.82) is 0 Å². The molecule has 1 N–H and O–H groups in total. The van der Waals surface area contributed by atoms with Crippen LogP contribution in [0.25, 0.3) is 11.3 Å². The van der Waals surface area contributed by atoms with E-state index in [1.54, 1.807) is 38.1 Å². The standard InChI is InChI=1S/C13H13FN2O/c1-13(2,17)12-15-8-7-11(16-12)9-5-3-4-6-10(9)14/h3-8,17H,1-2H3. The van der Waals surface area contributed by atoms with Gasteiger partial charge in [-0.25, -0.2) is 14.4 Å². The molecule has 88 valence electrons. The normalized spacial score (nSPS) is 11.5. The first kappa shape index (κ1) is 11.7. The molecule has 4 heteroatoms. The van der Waals surface area contributed by atoms with Crippen LogP contribution in [-0.4, -0.2) is 15.1 Å². The van der Waals surface area contributed by atoms with Gasteiger partial charge in [0, 0.05) is 11.8 Å². The minimum Gasteiger partial charge on any atom is -0.382 e. The van der Waals surface area contributed by atoms with Gasteiger partial charge < -0.3 is 5.11 Å². The van der Waals surface area contributed by atoms with Gasteiger partial charge in [0.15, 0.2) is 5.82 Å². The van der Waals surface area contributed by atoms with Crippen LogP contribution in [-0.2, 0) is 5.60 Å². The number of aliphatic hydroxyl groups is 1. The van der Waals surface area contributed by atoms with E-state index in [2.05, 4.69) is 9.97 Å². The van der Waals surface area contributed by atoms with Crippen molar-refractivity contribution in [3.8, 4) is 11.3 Å². The van der Waals surface area contributed by atoms with Crippen LogP contribution in [0, 0.1) is 5.82 Å². The van der Waals surface area contributed by atoms with Crippen molar-refractivity contribution in [3.05, 3.63) is 48.2 Å². The van der Waals surface area contributed by atoms with E-state index in [9.17, 15) is 9.50 Å². The molecule has 3 nitrogen and oxygen atoms in total. The Hall–Kier alpha value is -1.81. The third kappa shape index (κ3) is 2.47. The van der Waals surface area contributed by atoms with Crippen LogP contribution >= 0.6 is 0 Å². The number of hydrogen-bond acceptors (Lipinski definition) is 3. The molecule has 0 bridgehead atoms. The first-order valence-corrected chi connectivity index (χ1v) is 5.29. The van der Waals surface area contributed by atoms with E-state index in [0.29, 0.717) is 11.3 Å². The molecule has 0 saturated heterocycles. The third-order valence-corrected chi connectivity index (χ3v) is 2.35. The zero-order valence-corrected chi connectivity index (χ0v) is 9.68. The topological polar surface area (TPSA) is 46.0 Å². The van der Waals surface area contributed by atoms with Gasteiger partial charge in [0.05, 0.1) is 5.69 Å². The smallest absolute Gasteiger partial charge is 0.160 e. The number of nitrogens with zero attached hydrogens (tertiary/aromatic N) is 2. The Morgan fingerprint density at radius 3 is 2.53 bits per heavy atom. The lowest BCUT2D eigenvalue weighted by Gasteiger charge is -2.15. The zero-order valence-electron chi connectivity index (χ0n) is 9.68. The van der Waals surface area contributed by atoms with E-state index in [0.717, 1.165) is 0 Å². The highest BCUT2D eigenvalue weighted by molar-refractivity contribution is 5.59. The molecule has 0 spiro atoms. The van der Waals surface area contributed by atoms with Crippen molar-refractivity contribution < 1.29 is 9.50 Å². The summed E-state index contributed by atoms with van der Waals surface area (Å²) in [6.45, 7) is 3.18. The maximum Gasteiger partial charge on any atom is 0.160 e. The van der Waals surface area contributed by atoms with Gasteiger partial charge in [0.2, 0.25) is 0 Å². The summed E-state index contributed by atoms with van der Waals surface area (Å²) < 4.78 is 13.6. The second-order valence-electron chi connectivity index (χ2n) is 4.30. The number of hydrogen-bond donors (Lipinski definition) is 1. The fraction of sp³-hybridized carbons (Fsp3) is 0.231. The van der Waals surface area contributed by atoms with Gasteiger partial charge in [-0.3, -0.25) is 0 Å². The predicted molar refractivity (Wildman–Crippen MR) is 62.7 cm³/mol. The Morgan fingerprint density at radius 2 is 1.88 bits per heavy atom. The van der Waals surface area contributed by atoms with E-state index < -0.39 is 5.60 Å². The number of rotatable bonds is 2. The Balaban J connectivity index is 2.51. The van der Waals surface area contributed by atoms with Crippen molar-refractivity contribution in [2.75, 3.05) is 0 Å². The van der Waals surface area contributed by atoms with Crippen LogP contribution < -0.4 is 0 Å². The monoisotopic (exact) mass is 232 g/mol. The van der Waals surface area contributed by atoms with E-state index in [-0.39, 0.29) is 11.6 Å². The van der Waals surface area contributed by atoms with Crippen LogP contribution in [0.4, 0.5) is 4.39 Å². The van der Waals surface area contributed by atoms with Crippen molar-refractivity contribution in [3.63, 3.8) is 0 Å². The lowest BCUT2D eigenvalue weighted by atomic mass is 10.1. The quantitative estimate of drug-likeness (QED) is 0.865. The average molecular weight is 232 g/mol. The zero-order chi connectivity index (χ0) is 12.5. The molecule has 2 rings (SSSR count). The summed E-state index contributed by atoms with van der Waals surface area (Å²) in [4.78, 5) is 8.16. The van der Waals surface area contributed by atoms with Crippen molar-refractivity contribution in [1.82, 2.24) is 9.97 Å². The summed E-state index contributed by atoms with van der Waals surface area (Å²) in [7, 11) is 0. The molecule has 0 fully saturated rings. The molecule has 0 aliphatic rings. The fourth-order valence-corrected chi connectivity index (χ4v) is 1.47. The van der Waals surface area contributed by atoms with Crippen LogP contribution in [0.1, 0.15) is 19.7 Å². The largest absolute Gasteiger partial charge is 0.382 e. The lowest BCUT2D eigenvalue weighted by molar-refractivity contribution is 0.0688. The summed E-state index contributed by atoms with van der Waals surface area (Å²) in [5.74, 6) is -0.0638. The molecule has 0 saturated carbocycles. The molecule has 2 aromatic rings. The van der Waals surface area contributed by atoms with Crippen LogP contribution in [0.3, 0.4) is 0 Å². The molecule has 1 heterocycles. The summed E-state index contributed by atoms with van der Waals surface area (Å²) in [5.41, 5.74) is -0.267. The number of halogens is 1. The van der Waals surface area contributed by atoms with E-state index >= 15 is 0 Å². The molecule has 0 unspecified atom stereocenters. The van der Waals surface area contributed by atoms with Crippen molar-refractivity contribution in [2.45, 2.75) is 19.4 Å². The summed E-state index contributed by atoms with van der Waals surface area (Å²) in [6, 6.07) is 8.00. The first-order valence-electron chi connectivity index (χ1n) is 5.29. The van der Waals surface area contributed by atoms with Crippen LogP contribution in [0.5, 0.6) is 0 Å². The van der Waals surface area contributed by atoms with Gasteiger partial charge in [-0.05, 0) is 32.0 Å². The second-order valence-corrected chi connectivity index (χ2v) is 4.30. The third-order valence-electron chi connectivity index (χ3n) is 2.35. The molecular formula is C13H13FN2O. The maximum atomic E-state index is 13.6. The molecule has 0 radical (unpaired) electrons. The Kier molecular flexibility index (Phi) is 2.90. The van der Waals surface area contributed by atoms with Gasteiger partial charge in [-0.15, -0.1) is 0 Å². The van der Waals surface area contributed by atoms with Gasteiger partial charge in [-0.2, -0.15) is 0 Å². The fourth-order valence-electron chi connectivity index (χ4n) is 1.47. The Morgan fingerprint density at radius 1 is 1.18 bits per heavy atom. The van der Waals surface area contributed by atoms with Gasteiger partial charge in [-0.1, -0.05) is 12.1 Å². The highest BCUT2D eigenvalue weighted by Crippen LogP contribution is 2.22. The molecule has 0 atom stereocenters. The summed E-state index contributed by atoms with van der Waals surface area (Å²) >= 11 is 0. The lowest BCUT2D eigenvalue weighted by Crippen LogP contribution is -2.19. The highest BCUT2D eigenvalue weighted by Gasteiger charge is 2.20. The van der Waals surface area contributed by atoms with Crippen LogP contribution in [0.2, 0.25) is 0 Å². The molecule has 17 heavy (non-hydrogen) atoms. The highest BCUT2D eigenvalue weighted by atomic mass is 19.1. The molecule has 0 aliphatic carbocycles. The van der Waals surface area contributed by atoms with Crippen molar-refractivity contribution >= 4 is 0 Å². The molecule has 1 aromatic carbocycles. The van der Waals surface area contributed by atoms with E-state index in [1.165, 1.54) is 12.3 Å². The van der Waals surface area contributed by atoms with E-state index in [1.807, 2.05) is 0 Å². The average Bonchev–Trinajstić information content (AvgIpc) is 2.29. The number of aromatic nitrogens is 2. The molecule has 0 aliphatic heterocycles. The number of benzene rings is 1. The van der Waals surface area contributed by atoms with Gasteiger partial charge >= 0.3 is 0 Å². The van der Waals surface area contributed by atoms with E-state index in [4.69, 9.17) is 0 Å². The van der Waals surface area contributed by atoms with Crippen LogP contribution in [0.15, 0.2) is 36.5 Å². The minimum absolute atomic E-state index is 0.276. The maximum absolute atomic E-state index is 13.6. The molecular weight excluding hydrogens is 219 g/mol. The predicted octanol–water partition coefficient (Wildman–Crippen LogP) is 2.51. The SMILES string of the molecule is CC(C)(O)c1nccc(-c2ccccc2F)n1. The minimum atomic E-state index is -1.14. The Bertz CT molecular complexity index is 535.